The van der Waals surface area contributed by atoms with Gasteiger partial charge in [-0.2, -0.15) is 0 Å². The van der Waals surface area contributed by atoms with Crippen LogP contribution in [-0.4, -0.2) is 34.4 Å². The van der Waals surface area contributed by atoms with Crippen LogP contribution in [0.5, 0.6) is 0 Å². The van der Waals surface area contributed by atoms with E-state index in [0.29, 0.717) is 35.5 Å². The second-order valence-corrected chi connectivity index (χ2v) is 11.9. The number of carbonyl (C=O) groups excluding carboxylic acids is 1. The Hall–Kier alpha value is -1.10. The zero-order valence-electron chi connectivity index (χ0n) is 19.8. The normalized spacial score (nSPS) is 47.6. The second-order valence-electron chi connectivity index (χ2n) is 11.9. The van der Waals surface area contributed by atoms with E-state index in [-0.39, 0.29) is 35.4 Å². The van der Waals surface area contributed by atoms with Gasteiger partial charge in [0.05, 0.1) is 6.10 Å². The number of aliphatic carboxylic acids is 1. The lowest BCUT2D eigenvalue weighted by molar-refractivity contribution is -0.194. The molecule has 0 aliphatic heterocycles. The lowest BCUT2D eigenvalue weighted by Crippen LogP contribution is -2.59. The summed E-state index contributed by atoms with van der Waals surface area (Å²) in [6, 6.07) is 0. The van der Waals surface area contributed by atoms with E-state index in [1.165, 1.54) is 26.2 Å². The zero-order valence-corrected chi connectivity index (χ0v) is 19.8. The predicted molar refractivity (Wildman–Crippen MR) is 118 cm³/mol. The average molecular weight is 435 g/mol. The molecule has 31 heavy (non-hydrogen) atoms. The van der Waals surface area contributed by atoms with Crippen LogP contribution < -0.4 is 0 Å². The lowest BCUT2D eigenvalue weighted by atomic mass is 9.43. The number of ether oxygens (including phenoxy) is 1. The zero-order chi connectivity index (χ0) is 22.6. The van der Waals surface area contributed by atoms with Crippen LogP contribution in [0, 0.1) is 46.3 Å². The van der Waals surface area contributed by atoms with Crippen LogP contribution >= 0.6 is 0 Å². The number of hydrogen-bond donors (Lipinski definition) is 2. The molecule has 0 saturated heterocycles. The molecule has 0 bridgehead atoms. The lowest BCUT2D eigenvalue weighted by Gasteiger charge is -2.62. The van der Waals surface area contributed by atoms with Gasteiger partial charge in [-0.15, -0.1) is 0 Å². The van der Waals surface area contributed by atoms with Crippen molar-refractivity contribution < 1.29 is 24.5 Å². The van der Waals surface area contributed by atoms with Crippen LogP contribution in [0.1, 0.15) is 91.9 Å². The Balaban J connectivity index is 1.62. The molecule has 5 heteroatoms. The molecule has 0 aromatic heterocycles. The number of aliphatic hydroxyl groups is 1. The molecule has 4 aliphatic carbocycles. The summed E-state index contributed by atoms with van der Waals surface area (Å²) in [7, 11) is 0. The first-order valence-electron chi connectivity index (χ1n) is 12.6. The van der Waals surface area contributed by atoms with Crippen LogP contribution in [0.25, 0.3) is 0 Å². The fourth-order valence-corrected chi connectivity index (χ4v) is 9.04. The van der Waals surface area contributed by atoms with Gasteiger partial charge in [-0.3, -0.25) is 9.59 Å². The van der Waals surface area contributed by atoms with Crippen LogP contribution in [0.2, 0.25) is 0 Å². The first-order chi connectivity index (χ1) is 14.6. The fraction of sp³-hybridized carbons (Fsp3) is 0.923. The molecule has 4 aliphatic rings. The molecule has 0 aromatic rings. The van der Waals surface area contributed by atoms with Crippen LogP contribution in [-0.2, 0) is 14.3 Å². The van der Waals surface area contributed by atoms with Gasteiger partial charge in [-0.05, 0) is 98.2 Å². The molecule has 1 unspecified atom stereocenters. The van der Waals surface area contributed by atoms with Gasteiger partial charge in [0.25, 0.3) is 0 Å². The summed E-state index contributed by atoms with van der Waals surface area (Å²) in [5.41, 5.74) is 0.434. The maximum Gasteiger partial charge on any atom is 0.303 e. The van der Waals surface area contributed by atoms with E-state index in [4.69, 9.17) is 9.84 Å². The molecular formula is C26H42O5. The molecule has 0 heterocycles. The van der Waals surface area contributed by atoms with Crippen molar-refractivity contribution in [2.75, 3.05) is 0 Å². The Morgan fingerprint density at radius 2 is 1.71 bits per heavy atom. The average Bonchev–Trinajstić information content (AvgIpc) is 3.04. The smallest absolute Gasteiger partial charge is 0.303 e. The number of carboxylic acids is 1. The van der Waals surface area contributed by atoms with Crippen LogP contribution in [0.15, 0.2) is 0 Å². The molecule has 5 nitrogen and oxygen atoms in total. The third-order valence-corrected chi connectivity index (χ3v) is 10.5. The topological polar surface area (TPSA) is 83.8 Å². The minimum Gasteiger partial charge on any atom is -0.481 e. The van der Waals surface area contributed by atoms with Gasteiger partial charge in [0, 0.05) is 19.3 Å². The number of hydrogen-bond acceptors (Lipinski definition) is 4. The summed E-state index contributed by atoms with van der Waals surface area (Å²) in [4.78, 5) is 23.2. The highest BCUT2D eigenvalue weighted by atomic mass is 16.5. The number of carbonyl (C=O) groups is 2. The molecule has 4 fully saturated rings. The van der Waals surface area contributed by atoms with Gasteiger partial charge in [0.2, 0.25) is 0 Å². The standard InChI is InChI=1S/C26H42O5/c1-15(5-8-23(29)30)19-6-7-20-24-21(10-12-26(19,20)4)25(3)11-9-18(28)13-17(25)14-22(24)31-16(2)27/h15,17-22,24,28H,5-14H2,1-4H3,(H,29,30)/t15?,17-,18+,19+,20-,21-,22+,24-,25-,26+/m0/s1. The molecule has 2 N–H and O–H groups in total. The summed E-state index contributed by atoms with van der Waals surface area (Å²) in [6.45, 7) is 8.69. The highest BCUT2D eigenvalue weighted by Crippen LogP contribution is 2.68. The quantitative estimate of drug-likeness (QED) is 0.592. The third kappa shape index (κ3) is 3.94. The number of carboxylic acid groups (broad SMARTS) is 1. The maximum atomic E-state index is 12.1. The summed E-state index contributed by atoms with van der Waals surface area (Å²) >= 11 is 0. The minimum absolute atomic E-state index is 0.0384. The van der Waals surface area contributed by atoms with Gasteiger partial charge in [0.1, 0.15) is 6.10 Å². The van der Waals surface area contributed by atoms with E-state index < -0.39 is 5.97 Å². The van der Waals surface area contributed by atoms with Crippen molar-refractivity contribution in [1.29, 1.82) is 0 Å². The van der Waals surface area contributed by atoms with Crippen molar-refractivity contribution in [2.45, 2.75) is 104 Å². The van der Waals surface area contributed by atoms with Crippen molar-refractivity contribution in [3.8, 4) is 0 Å². The number of aliphatic hydroxyl groups excluding tert-OH is 1. The SMILES string of the molecule is CC(=O)O[C@@H]1C[C@@H]2C[C@H](O)CC[C@]2(C)[C@H]2CC[C@]3(C)[C@@H](C(C)CCC(=O)O)CC[C@H]3[C@H]12. The summed E-state index contributed by atoms with van der Waals surface area (Å²) < 4.78 is 6.02. The molecule has 0 aromatic carbocycles. The van der Waals surface area contributed by atoms with Gasteiger partial charge in [-0.1, -0.05) is 20.8 Å². The van der Waals surface area contributed by atoms with E-state index in [9.17, 15) is 14.7 Å². The molecular weight excluding hydrogens is 392 g/mol. The molecule has 0 amide bonds. The number of rotatable bonds is 5. The molecule has 0 spiro atoms. The van der Waals surface area contributed by atoms with Crippen molar-refractivity contribution >= 4 is 11.9 Å². The van der Waals surface area contributed by atoms with E-state index in [1.54, 1.807) is 0 Å². The summed E-state index contributed by atoms with van der Waals surface area (Å²) in [5, 5.41) is 19.5. The first kappa shape index (κ1) is 23.1. The largest absolute Gasteiger partial charge is 0.481 e. The number of esters is 1. The number of fused-ring (bicyclic) bond motifs is 5. The first-order valence-corrected chi connectivity index (χ1v) is 12.6. The molecule has 0 radical (unpaired) electrons. The highest BCUT2D eigenvalue weighted by molar-refractivity contribution is 5.66. The molecule has 4 rings (SSSR count). The van der Waals surface area contributed by atoms with Crippen molar-refractivity contribution in [1.82, 2.24) is 0 Å². The van der Waals surface area contributed by atoms with Gasteiger partial charge in [0.15, 0.2) is 0 Å². The van der Waals surface area contributed by atoms with E-state index >= 15 is 0 Å². The van der Waals surface area contributed by atoms with Gasteiger partial charge in [-0.25, -0.2) is 0 Å². The monoisotopic (exact) mass is 434 g/mol. The van der Waals surface area contributed by atoms with Crippen molar-refractivity contribution in [2.24, 2.45) is 46.3 Å². The van der Waals surface area contributed by atoms with Crippen molar-refractivity contribution in [3.63, 3.8) is 0 Å². The van der Waals surface area contributed by atoms with E-state index in [2.05, 4.69) is 20.8 Å². The molecule has 176 valence electrons. The van der Waals surface area contributed by atoms with Crippen LogP contribution in [0.4, 0.5) is 0 Å². The summed E-state index contributed by atoms with van der Waals surface area (Å²) in [5.74, 6) is 2.00. The van der Waals surface area contributed by atoms with Gasteiger partial charge >= 0.3 is 11.9 Å². The highest BCUT2D eigenvalue weighted by Gasteiger charge is 2.63. The van der Waals surface area contributed by atoms with Crippen LogP contribution in [0.3, 0.4) is 0 Å². The third-order valence-electron chi connectivity index (χ3n) is 10.5. The Bertz CT molecular complexity index is 706. The Morgan fingerprint density at radius 3 is 2.39 bits per heavy atom. The van der Waals surface area contributed by atoms with E-state index in [0.717, 1.165) is 38.5 Å². The second kappa shape index (κ2) is 8.35. The molecule has 4 saturated carbocycles. The maximum absolute atomic E-state index is 12.1. The Morgan fingerprint density at radius 1 is 1.03 bits per heavy atom. The molecule has 10 atom stereocenters. The van der Waals surface area contributed by atoms with Gasteiger partial charge < -0.3 is 14.9 Å². The Kier molecular flexibility index (Phi) is 6.22. The summed E-state index contributed by atoms with van der Waals surface area (Å²) in [6.07, 6.45) is 9.14. The Labute approximate surface area is 187 Å². The fourth-order valence-electron chi connectivity index (χ4n) is 9.04. The van der Waals surface area contributed by atoms with E-state index in [1.807, 2.05) is 0 Å². The minimum atomic E-state index is -0.698. The predicted octanol–water partition coefficient (Wildman–Crippen LogP) is 5.05. The van der Waals surface area contributed by atoms with Crippen molar-refractivity contribution in [3.05, 3.63) is 0 Å².